The fourth-order valence-electron chi connectivity index (χ4n) is 2.52. The van der Waals surface area contributed by atoms with Crippen LogP contribution in [0.3, 0.4) is 0 Å². The molecule has 0 aliphatic carbocycles. The van der Waals surface area contributed by atoms with Gasteiger partial charge in [-0.2, -0.15) is 4.98 Å². The minimum absolute atomic E-state index is 0.486. The first-order chi connectivity index (χ1) is 13.2. The summed E-state index contributed by atoms with van der Waals surface area (Å²) in [5.74, 6) is 2.25. The Hall–Kier alpha value is -2.64. The lowest BCUT2D eigenvalue weighted by Gasteiger charge is -1.98. The van der Waals surface area contributed by atoms with E-state index in [9.17, 15) is 0 Å². The maximum atomic E-state index is 6.00. The van der Waals surface area contributed by atoms with Crippen molar-refractivity contribution in [2.24, 2.45) is 0 Å². The van der Waals surface area contributed by atoms with Crippen LogP contribution in [0, 0.1) is 0 Å². The molecule has 0 spiro atoms. The molecule has 4 aromatic rings. The number of H-pyrrole nitrogens is 1. The Labute approximate surface area is 165 Å². The lowest BCUT2D eigenvalue weighted by atomic mass is 10.1. The van der Waals surface area contributed by atoms with E-state index in [1.54, 1.807) is 12.1 Å². The number of rotatable bonds is 6. The highest BCUT2D eigenvalue weighted by Crippen LogP contribution is 2.24. The van der Waals surface area contributed by atoms with Crippen LogP contribution in [0.4, 0.5) is 0 Å². The van der Waals surface area contributed by atoms with Gasteiger partial charge in [-0.1, -0.05) is 71.8 Å². The SMILES string of the molecule is CCc1ccc(-c2nc(SCc3nc(-c4cccc(Cl)c4)no3)n[nH]2)cc1. The van der Waals surface area contributed by atoms with Gasteiger partial charge in [0.2, 0.25) is 16.9 Å². The third-order valence-corrected chi connectivity index (χ3v) is 5.04. The van der Waals surface area contributed by atoms with E-state index >= 15 is 0 Å². The Balaban J connectivity index is 1.41. The van der Waals surface area contributed by atoms with E-state index in [4.69, 9.17) is 16.1 Å². The third-order valence-electron chi connectivity index (χ3n) is 3.98. The molecular formula is C19H16ClN5OS. The first-order valence-electron chi connectivity index (χ1n) is 8.44. The Morgan fingerprint density at radius 1 is 1.07 bits per heavy atom. The second-order valence-corrected chi connectivity index (χ2v) is 7.21. The lowest BCUT2D eigenvalue weighted by molar-refractivity contribution is 0.391. The Bertz CT molecular complexity index is 1040. The Morgan fingerprint density at radius 3 is 2.70 bits per heavy atom. The van der Waals surface area contributed by atoms with E-state index in [2.05, 4.69) is 44.4 Å². The van der Waals surface area contributed by atoms with Crippen molar-refractivity contribution in [2.45, 2.75) is 24.3 Å². The molecule has 0 fully saturated rings. The van der Waals surface area contributed by atoms with Crippen molar-refractivity contribution in [3.05, 3.63) is 65.0 Å². The van der Waals surface area contributed by atoms with Gasteiger partial charge in [0.15, 0.2) is 5.82 Å². The van der Waals surface area contributed by atoms with Crippen LogP contribution in [0.25, 0.3) is 22.8 Å². The van der Waals surface area contributed by atoms with Crippen LogP contribution in [-0.4, -0.2) is 25.3 Å². The molecule has 0 bridgehead atoms. The quantitative estimate of drug-likeness (QED) is 0.459. The minimum atomic E-state index is 0.486. The van der Waals surface area contributed by atoms with Crippen molar-refractivity contribution in [3.63, 3.8) is 0 Å². The summed E-state index contributed by atoms with van der Waals surface area (Å²) >= 11 is 7.43. The van der Waals surface area contributed by atoms with E-state index in [1.165, 1.54) is 17.3 Å². The van der Waals surface area contributed by atoms with Gasteiger partial charge in [0.05, 0.1) is 5.75 Å². The Morgan fingerprint density at radius 2 is 1.93 bits per heavy atom. The molecule has 2 aromatic carbocycles. The molecule has 6 nitrogen and oxygen atoms in total. The predicted molar refractivity (Wildman–Crippen MR) is 106 cm³/mol. The number of aromatic nitrogens is 5. The van der Waals surface area contributed by atoms with Gasteiger partial charge in [0.1, 0.15) is 0 Å². The number of nitrogens with one attached hydrogen (secondary N) is 1. The van der Waals surface area contributed by atoms with Crippen LogP contribution in [-0.2, 0) is 12.2 Å². The first-order valence-corrected chi connectivity index (χ1v) is 9.80. The van der Waals surface area contributed by atoms with Gasteiger partial charge in [-0.3, -0.25) is 5.10 Å². The molecule has 2 heterocycles. The number of thioether (sulfide) groups is 1. The third kappa shape index (κ3) is 4.20. The summed E-state index contributed by atoms with van der Waals surface area (Å²) in [5.41, 5.74) is 3.12. The molecule has 0 amide bonds. The van der Waals surface area contributed by atoms with Crippen LogP contribution < -0.4 is 0 Å². The average molecular weight is 398 g/mol. The molecule has 0 radical (unpaired) electrons. The van der Waals surface area contributed by atoms with Gasteiger partial charge in [0, 0.05) is 16.1 Å². The highest BCUT2D eigenvalue weighted by molar-refractivity contribution is 7.98. The van der Waals surface area contributed by atoms with Gasteiger partial charge in [-0.05, 0) is 24.1 Å². The summed E-state index contributed by atoms with van der Waals surface area (Å²) in [7, 11) is 0. The molecule has 8 heteroatoms. The number of nitrogens with zero attached hydrogens (tertiary/aromatic N) is 4. The number of halogens is 1. The molecule has 0 aliphatic rings. The van der Waals surface area contributed by atoms with Crippen molar-refractivity contribution < 1.29 is 4.52 Å². The predicted octanol–water partition coefficient (Wildman–Crippen LogP) is 5.03. The van der Waals surface area contributed by atoms with Crippen molar-refractivity contribution in [1.82, 2.24) is 25.3 Å². The van der Waals surface area contributed by atoms with E-state index in [0.717, 1.165) is 23.4 Å². The number of hydrogen-bond donors (Lipinski definition) is 1. The molecule has 2 aromatic heterocycles. The molecule has 0 atom stereocenters. The molecule has 1 N–H and O–H groups in total. The van der Waals surface area contributed by atoms with E-state index in [0.29, 0.717) is 27.6 Å². The van der Waals surface area contributed by atoms with Gasteiger partial charge in [-0.15, -0.1) is 5.10 Å². The number of aromatic amines is 1. The van der Waals surface area contributed by atoms with Crippen molar-refractivity contribution in [3.8, 4) is 22.8 Å². The van der Waals surface area contributed by atoms with Gasteiger partial charge >= 0.3 is 0 Å². The van der Waals surface area contributed by atoms with Gasteiger partial charge in [-0.25, -0.2) is 4.98 Å². The maximum Gasteiger partial charge on any atom is 0.237 e. The van der Waals surface area contributed by atoms with Crippen LogP contribution in [0.2, 0.25) is 5.02 Å². The topological polar surface area (TPSA) is 80.5 Å². The minimum Gasteiger partial charge on any atom is -0.338 e. The summed E-state index contributed by atoms with van der Waals surface area (Å²) < 4.78 is 5.31. The van der Waals surface area contributed by atoms with E-state index in [-0.39, 0.29) is 0 Å². The van der Waals surface area contributed by atoms with Crippen LogP contribution in [0.15, 0.2) is 58.2 Å². The van der Waals surface area contributed by atoms with Crippen LogP contribution in [0.5, 0.6) is 0 Å². The lowest BCUT2D eigenvalue weighted by Crippen LogP contribution is -1.84. The molecule has 0 unspecified atom stereocenters. The molecule has 27 heavy (non-hydrogen) atoms. The first kappa shape index (κ1) is 17.8. The van der Waals surface area contributed by atoms with Crippen LogP contribution >= 0.6 is 23.4 Å². The fourth-order valence-corrected chi connectivity index (χ4v) is 3.35. The number of hydrogen-bond acceptors (Lipinski definition) is 6. The maximum absolute atomic E-state index is 6.00. The second kappa shape index (κ2) is 7.94. The summed E-state index contributed by atoms with van der Waals surface area (Å²) in [5, 5.41) is 12.5. The zero-order valence-corrected chi connectivity index (χ0v) is 16.1. The molecule has 4 rings (SSSR count). The van der Waals surface area contributed by atoms with Crippen molar-refractivity contribution >= 4 is 23.4 Å². The highest BCUT2D eigenvalue weighted by atomic mass is 35.5. The average Bonchev–Trinajstić information content (AvgIpc) is 3.36. The standard InChI is InChI=1S/C19H16ClN5OS/c1-2-12-6-8-13(9-7-12)17-22-19(24-23-17)27-11-16-21-18(25-26-16)14-4-3-5-15(20)10-14/h3-10H,2,11H2,1H3,(H,22,23,24). The zero-order valence-electron chi connectivity index (χ0n) is 14.5. The molecular weight excluding hydrogens is 382 g/mol. The largest absolute Gasteiger partial charge is 0.338 e. The molecule has 0 saturated carbocycles. The summed E-state index contributed by atoms with van der Waals surface area (Å²) in [6, 6.07) is 15.6. The van der Waals surface area contributed by atoms with E-state index < -0.39 is 0 Å². The van der Waals surface area contributed by atoms with Crippen molar-refractivity contribution in [1.29, 1.82) is 0 Å². The summed E-state index contributed by atoms with van der Waals surface area (Å²) in [6.07, 6.45) is 1.01. The number of benzene rings is 2. The smallest absolute Gasteiger partial charge is 0.237 e. The second-order valence-electron chi connectivity index (χ2n) is 5.83. The highest BCUT2D eigenvalue weighted by Gasteiger charge is 2.12. The summed E-state index contributed by atoms with van der Waals surface area (Å²) in [4.78, 5) is 8.91. The molecule has 0 saturated heterocycles. The fraction of sp³-hybridized carbons (Fsp3) is 0.158. The van der Waals surface area contributed by atoms with Crippen molar-refractivity contribution in [2.75, 3.05) is 0 Å². The summed E-state index contributed by atoms with van der Waals surface area (Å²) in [6.45, 7) is 2.13. The number of aryl methyl sites for hydroxylation is 1. The Kier molecular flexibility index (Phi) is 5.22. The normalized spacial score (nSPS) is 11.0. The van der Waals surface area contributed by atoms with Gasteiger partial charge < -0.3 is 4.52 Å². The monoisotopic (exact) mass is 397 g/mol. The van der Waals surface area contributed by atoms with Crippen LogP contribution in [0.1, 0.15) is 18.4 Å². The van der Waals surface area contributed by atoms with E-state index in [1.807, 2.05) is 24.3 Å². The zero-order chi connectivity index (χ0) is 18.6. The van der Waals surface area contributed by atoms with Gasteiger partial charge in [0.25, 0.3) is 0 Å². The molecule has 0 aliphatic heterocycles. The molecule has 136 valence electrons.